The molecule has 32 heavy (non-hydrogen) atoms. The van der Waals surface area contributed by atoms with Crippen molar-refractivity contribution in [3.8, 4) is 5.75 Å². The van der Waals surface area contributed by atoms with E-state index < -0.39 is 5.97 Å². The molecule has 0 saturated carbocycles. The Balaban J connectivity index is 1.75. The maximum atomic E-state index is 12.6. The second-order valence-electron chi connectivity index (χ2n) is 8.14. The zero-order valence-electron chi connectivity index (χ0n) is 18.7. The number of phenols is 1. The van der Waals surface area contributed by atoms with Gasteiger partial charge in [-0.05, 0) is 57.2 Å². The van der Waals surface area contributed by atoms with Gasteiger partial charge in [-0.2, -0.15) is 0 Å². The van der Waals surface area contributed by atoms with Crippen LogP contribution in [0.2, 0.25) is 0 Å². The molecule has 0 atom stereocenters. The number of carbonyl (C=O) groups is 1. The Labute approximate surface area is 187 Å². The van der Waals surface area contributed by atoms with E-state index >= 15 is 0 Å². The molecule has 3 rings (SSSR count). The third-order valence-corrected chi connectivity index (χ3v) is 5.35. The summed E-state index contributed by atoms with van der Waals surface area (Å²) in [7, 11) is 0. The second-order valence-corrected chi connectivity index (χ2v) is 8.14. The van der Waals surface area contributed by atoms with Crippen LogP contribution in [-0.2, 0) is 24.2 Å². The van der Waals surface area contributed by atoms with Crippen LogP contribution in [0.3, 0.4) is 0 Å². The fraction of sp³-hybridized carbons (Fsp3) is 0.320. The number of H-pyrrole nitrogens is 1. The number of carboxylic acids is 1. The van der Waals surface area contributed by atoms with Crippen molar-refractivity contribution in [3.05, 3.63) is 80.3 Å². The van der Waals surface area contributed by atoms with Gasteiger partial charge < -0.3 is 10.2 Å². The van der Waals surface area contributed by atoms with Gasteiger partial charge in [0.25, 0.3) is 5.56 Å². The number of nitrogens with one attached hydrogen (secondary N) is 1. The summed E-state index contributed by atoms with van der Waals surface area (Å²) in [5.41, 5.74) is 5.64. The van der Waals surface area contributed by atoms with E-state index in [0.29, 0.717) is 36.3 Å². The van der Waals surface area contributed by atoms with Crippen LogP contribution in [0.1, 0.15) is 46.4 Å². The average molecular weight is 436 g/mol. The lowest BCUT2D eigenvalue weighted by molar-refractivity contribution is -0.137. The molecule has 0 radical (unpaired) electrons. The van der Waals surface area contributed by atoms with Gasteiger partial charge >= 0.3 is 5.97 Å². The van der Waals surface area contributed by atoms with Crippen molar-refractivity contribution in [2.75, 3.05) is 0 Å². The summed E-state index contributed by atoms with van der Waals surface area (Å²) in [4.78, 5) is 27.6. The average Bonchev–Trinajstić information content (AvgIpc) is 2.98. The molecule has 0 aliphatic carbocycles. The minimum absolute atomic E-state index is 0.00326. The molecule has 0 saturated heterocycles. The molecule has 0 amide bonds. The van der Waals surface area contributed by atoms with E-state index in [9.17, 15) is 14.7 Å². The number of aromatic hydroxyl groups is 1. The van der Waals surface area contributed by atoms with Gasteiger partial charge in [-0.1, -0.05) is 41.5 Å². The van der Waals surface area contributed by atoms with Gasteiger partial charge in [-0.25, -0.2) is 0 Å². The topological polar surface area (TPSA) is 108 Å². The number of carboxylic acid groups (broad SMARTS) is 1. The van der Waals surface area contributed by atoms with E-state index in [-0.39, 0.29) is 17.7 Å². The molecule has 7 heteroatoms. The summed E-state index contributed by atoms with van der Waals surface area (Å²) >= 11 is 0. The number of nitrogens with zero attached hydrogens (tertiary/aromatic N) is 2. The fourth-order valence-electron chi connectivity index (χ4n) is 3.83. The largest absolute Gasteiger partial charge is 0.505 e. The molecular formula is C25H29N3O4. The number of phenolic OH excluding ortho intramolecular Hbond substituents is 1. The first-order valence-corrected chi connectivity index (χ1v) is 10.7. The zero-order valence-corrected chi connectivity index (χ0v) is 18.7. The Hall–Kier alpha value is -3.61. The lowest BCUT2D eigenvalue weighted by atomic mass is 10.00. The summed E-state index contributed by atoms with van der Waals surface area (Å²) in [6.07, 6.45) is 3.29. The zero-order chi connectivity index (χ0) is 23.3. The van der Waals surface area contributed by atoms with E-state index in [1.165, 1.54) is 27.6 Å². The number of aliphatic imine (C=N–C) groups is 1. The standard InChI is InChI=1S/C25H29N3O4/c1-16-12-17(2)14-19(13-16)9-10-20-6-4-7-22(24(20)31)26-15-21-18(3)27-28(25(21)32)11-5-8-23(29)30/h4,6-7,12-15,27,31H,5,8-11H2,1-3H3,(H,29,30). The van der Waals surface area contributed by atoms with Crippen molar-refractivity contribution < 1.29 is 15.0 Å². The number of hydrogen-bond acceptors (Lipinski definition) is 4. The van der Waals surface area contributed by atoms with Gasteiger partial charge in [0.1, 0.15) is 11.4 Å². The van der Waals surface area contributed by atoms with Gasteiger partial charge in [0, 0.05) is 24.9 Å². The molecule has 2 aromatic carbocycles. The van der Waals surface area contributed by atoms with Crippen LogP contribution in [0.4, 0.5) is 5.69 Å². The molecule has 0 spiro atoms. The molecule has 1 heterocycles. The predicted octanol–water partition coefficient (Wildman–Crippen LogP) is 4.21. The summed E-state index contributed by atoms with van der Waals surface area (Å²) in [5.74, 6) is -0.779. The van der Waals surface area contributed by atoms with Crippen molar-refractivity contribution in [1.29, 1.82) is 0 Å². The number of benzene rings is 2. The highest BCUT2D eigenvalue weighted by molar-refractivity contribution is 5.83. The van der Waals surface area contributed by atoms with Crippen LogP contribution in [0.25, 0.3) is 0 Å². The second kappa shape index (κ2) is 10.1. The minimum Gasteiger partial charge on any atom is -0.505 e. The molecule has 0 bridgehead atoms. The van der Waals surface area contributed by atoms with Gasteiger partial charge in [0.15, 0.2) is 0 Å². The first-order chi connectivity index (χ1) is 15.2. The molecule has 0 aliphatic rings. The summed E-state index contributed by atoms with van der Waals surface area (Å²) < 4.78 is 1.39. The number of aryl methyl sites for hydroxylation is 6. The Bertz CT molecular complexity index is 1180. The summed E-state index contributed by atoms with van der Waals surface area (Å²) in [6.45, 7) is 6.20. The lowest BCUT2D eigenvalue weighted by Gasteiger charge is -2.08. The molecule has 0 unspecified atom stereocenters. The van der Waals surface area contributed by atoms with E-state index in [1.807, 2.05) is 12.1 Å². The highest BCUT2D eigenvalue weighted by atomic mass is 16.4. The Kier molecular flexibility index (Phi) is 7.30. The number of aliphatic carboxylic acids is 1. The molecule has 3 N–H and O–H groups in total. The SMILES string of the molecule is Cc1cc(C)cc(CCc2cccc(N=Cc3c(C)[nH]n(CCCC(=O)O)c3=O)c2O)c1. The summed E-state index contributed by atoms with van der Waals surface area (Å²) in [5, 5.41) is 22.4. The molecule has 168 valence electrons. The predicted molar refractivity (Wildman–Crippen MR) is 125 cm³/mol. The summed E-state index contributed by atoms with van der Waals surface area (Å²) in [6, 6.07) is 11.9. The third-order valence-electron chi connectivity index (χ3n) is 5.35. The van der Waals surface area contributed by atoms with Crippen LogP contribution >= 0.6 is 0 Å². The van der Waals surface area contributed by atoms with Crippen LogP contribution in [0, 0.1) is 20.8 Å². The van der Waals surface area contributed by atoms with E-state index in [4.69, 9.17) is 5.11 Å². The van der Waals surface area contributed by atoms with Gasteiger partial charge in [0.05, 0.1) is 5.56 Å². The molecule has 3 aromatic rings. The molecule has 1 aromatic heterocycles. The maximum Gasteiger partial charge on any atom is 0.303 e. The highest BCUT2D eigenvalue weighted by Crippen LogP contribution is 2.31. The Morgan fingerprint density at radius 3 is 2.53 bits per heavy atom. The first-order valence-electron chi connectivity index (χ1n) is 10.7. The fourth-order valence-corrected chi connectivity index (χ4v) is 3.83. The lowest BCUT2D eigenvalue weighted by Crippen LogP contribution is -2.19. The minimum atomic E-state index is -0.893. The van der Waals surface area contributed by atoms with E-state index in [1.54, 1.807) is 13.0 Å². The monoisotopic (exact) mass is 435 g/mol. The number of aromatic nitrogens is 2. The van der Waals surface area contributed by atoms with Gasteiger partial charge in [-0.3, -0.25) is 24.4 Å². The van der Waals surface area contributed by atoms with E-state index in [2.05, 4.69) is 42.1 Å². The Morgan fingerprint density at radius 2 is 1.84 bits per heavy atom. The number of aromatic amines is 1. The quantitative estimate of drug-likeness (QED) is 0.438. The van der Waals surface area contributed by atoms with Gasteiger partial charge in [0.2, 0.25) is 0 Å². The normalized spacial score (nSPS) is 11.3. The number of rotatable bonds is 9. The maximum absolute atomic E-state index is 12.6. The molecular weight excluding hydrogens is 406 g/mol. The van der Waals surface area contributed by atoms with Crippen molar-refractivity contribution in [2.24, 2.45) is 4.99 Å². The smallest absolute Gasteiger partial charge is 0.303 e. The van der Waals surface area contributed by atoms with Crippen molar-refractivity contribution in [3.63, 3.8) is 0 Å². The van der Waals surface area contributed by atoms with Gasteiger partial charge in [-0.15, -0.1) is 0 Å². The number of hydrogen-bond donors (Lipinski definition) is 3. The van der Waals surface area contributed by atoms with Crippen LogP contribution in [0.15, 0.2) is 46.2 Å². The third kappa shape index (κ3) is 5.75. The van der Waals surface area contributed by atoms with Crippen LogP contribution in [-0.4, -0.2) is 32.2 Å². The van der Waals surface area contributed by atoms with E-state index in [0.717, 1.165) is 12.0 Å². The molecule has 7 nitrogen and oxygen atoms in total. The first kappa shape index (κ1) is 23.1. The molecule has 0 aliphatic heterocycles. The Morgan fingerprint density at radius 1 is 1.12 bits per heavy atom. The van der Waals surface area contributed by atoms with Crippen molar-refractivity contribution in [2.45, 2.75) is 53.0 Å². The number of para-hydroxylation sites is 1. The highest BCUT2D eigenvalue weighted by Gasteiger charge is 2.11. The van der Waals surface area contributed by atoms with Crippen molar-refractivity contribution >= 4 is 17.9 Å². The van der Waals surface area contributed by atoms with Crippen molar-refractivity contribution in [1.82, 2.24) is 9.78 Å². The van der Waals surface area contributed by atoms with Crippen LogP contribution < -0.4 is 5.56 Å². The van der Waals surface area contributed by atoms with Crippen LogP contribution in [0.5, 0.6) is 5.75 Å². The molecule has 0 fully saturated rings.